The molecule has 3 rings (SSSR count). The summed E-state index contributed by atoms with van der Waals surface area (Å²) in [7, 11) is 3.32. The Morgan fingerprint density at radius 3 is 1.26 bits per heavy atom. The minimum Gasteiger partial charge on any atom is -0.497 e. The van der Waals surface area contributed by atoms with E-state index in [4.69, 9.17) is 33.9 Å². The van der Waals surface area contributed by atoms with Gasteiger partial charge in [0.1, 0.15) is 11.5 Å². The van der Waals surface area contributed by atoms with Crippen LogP contribution in [-0.4, -0.2) is 24.4 Å². The van der Waals surface area contributed by atoms with Crippen molar-refractivity contribution in [3.05, 3.63) is 95.1 Å². The Labute approximate surface area is 212 Å². The number of nitrogens with one attached hydrogen (secondary N) is 4. The van der Waals surface area contributed by atoms with Gasteiger partial charge in [0.05, 0.1) is 14.2 Å². The number of hydrogen-bond donors (Lipinski definition) is 4. The molecule has 178 valence electrons. The normalized spacial score (nSPS) is 10.2. The highest BCUT2D eigenvalue weighted by atomic mass is 32.1. The van der Waals surface area contributed by atoms with Crippen molar-refractivity contribution in [1.29, 1.82) is 0 Å². The number of thiocarbonyl (C=S) groups is 2. The lowest BCUT2D eigenvalue weighted by Gasteiger charge is -2.13. The number of methoxy groups -OCH3 is 2. The molecule has 0 fully saturated rings. The minimum atomic E-state index is 0.614. The standard InChI is InChI=1S/C26H30N4O2S2/c1-31-23-10-6-19(7-11-23)15-27-25(33)29-17-21-4-3-5-22(14-21)18-30-26(34)28-16-20-8-12-24(32-2)13-9-20/h3-14H,15-18H2,1-2H3,(H2,27,29,33)(H2,28,30,34). The van der Waals surface area contributed by atoms with Crippen molar-refractivity contribution in [2.45, 2.75) is 26.2 Å². The van der Waals surface area contributed by atoms with Gasteiger partial charge in [0, 0.05) is 26.2 Å². The van der Waals surface area contributed by atoms with Crippen molar-refractivity contribution >= 4 is 34.7 Å². The number of hydrogen-bond acceptors (Lipinski definition) is 4. The number of rotatable bonds is 10. The molecule has 0 unspecified atom stereocenters. The minimum absolute atomic E-state index is 0.614. The largest absolute Gasteiger partial charge is 0.497 e. The number of benzene rings is 3. The van der Waals surface area contributed by atoms with Crippen molar-refractivity contribution < 1.29 is 9.47 Å². The topological polar surface area (TPSA) is 66.6 Å². The van der Waals surface area contributed by atoms with Crippen LogP contribution in [0.1, 0.15) is 22.3 Å². The third kappa shape index (κ3) is 8.53. The smallest absolute Gasteiger partial charge is 0.166 e. The van der Waals surface area contributed by atoms with E-state index in [1.54, 1.807) is 14.2 Å². The fourth-order valence-electron chi connectivity index (χ4n) is 3.19. The first-order valence-corrected chi connectivity index (χ1v) is 11.7. The van der Waals surface area contributed by atoms with Crippen LogP contribution in [0.25, 0.3) is 0 Å². The highest BCUT2D eigenvalue weighted by Crippen LogP contribution is 2.12. The summed E-state index contributed by atoms with van der Waals surface area (Å²) in [5.41, 5.74) is 4.55. The molecule has 3 aromatic carbocycles. The maximum atomic E-state index is 5.41. The molecular formula is C26H30N4O2S2. The van der Waals surface area contributed by atoms with Gasteiger partial charge in [-0.3, -0.25) is 0 Å². The van der Waals surface area contributed by atoms with Crippen molar-refractivity contribution in [2.24, 2.45) is 0 Å². The summed E-state index contributed by atoms with van der Waals surface area (Å²) in [5.74, 6) is 1.68. The van der Waals surface area contributed by atoms with Crippen molar-refractivity contribution in [3.63, 3.8) is 0 Å². The maximum Gasteiger partial charge on any atom is 0.166 e. The quantitative estimate of drug-likeness (QED) is 0.315. The first-order chi connectivity index (χ1) is 16.6. The third-order valence-corrected chi connectivity index (χ3v) is 5.70. The molecule has 0 radical (unpaired) electrons. The zero-order valence-electron chi connectivity index (χ0n) is 19.4. The van der Waals surface area contributed by atoms with E-state index in [1.165, 1.54) is 0 Å². The van der Waals surface area contributed by atoms with E-state index < -0.39 is 0 Å². The molecule has 0 bridgehead atoms. The Hall–Kier alpha value is -3.36. The molecule has 3 aromatic rings. The lowest BCUT2D eigenvalue weighted by Crippen LogP contribution is -2.34. The van der Waals surface area contributed by atoms with E-state index >= 15 is 0 Å². The van der Waals surface area contributed by atoms with Crippen LogP contribution >= 0.6 is 24.4 Å². The fourth-order valence-corrected chi connectivity index (χ4v) is 3.48. The SMILES string of the molecule is COc1ccc(CNC(=S)NCc2cccc(CNC(=S)NCc3ccc(OC)cc3)c2)cc1. The summed E-state index contributed by atoms with van der Waals surface area (Å²) in [6, 6.07) is 24.1. The lowest BCUT2D eigenvalue weighted by atomic mass is 10.1. The van der Waals surface area contributed by atoms with Gasteiger partial charge in [-0.25, -0.2) is 0 Å². The van der Waals surface area contributed by atoms with E-state index in [0.717, 1.165) is 33.8 Å². The molecule has 0 aliphatic heterocycles. The average molecular weight is 495 g/mol. The molecule has 0 saturated carbocycles. The first-order valence-electron chi connectivity index (χ1n) is 10.9. The molecule has 0 saturated heterocycles. The summed E-state index contributed by atoms with van der Waals surface area (Å²) in [6.45, 7) is 2.59. The summed E-state index contributed by atoms with van der Waals surface area (Å²) in [4.78, 5) is 0. The highest BCUT2D eigenvalue weighted by molar-refractivity contribution is 7.80. The van der Waals surface area contributed by atoms with Crippen LogP contribution in [0, 0.1) is 0 Å². The van der Waals surface area contributed by atoms with E-state index in [1.807, 2.05) is 54.6 Å². The van der Waals surface area contributed by atoms with Gasteiger partial charge in [-0.05, 0) is 71.0 Å². The van der Waals surface area contributed by atoms with Gasteiger partial charge in [-0.2, -0.15) is 0 Å². The Kier molecular flexibility index (Phi) is 9.94. The molecule has 0 aromatic heterocycles. The molecule has 0 atom stereocenters. The van der Waals surface area contributed by atoms with Crippen molar-refractivity contribution in [3.8, 4) is 11.5 Å². The van der Waals surface area contributed by atoms with Gasteiger partial charge in [0.2, 0.25) is 0 Å². The number of ether oxygens (including phenoxy) is 2. The van der Waals surface area contributed by atoms with Gasteiger partial charge >= 0.3 is 0 Å². The monoisotopic (exact) mass is 494 g/mol. The summed E-state index contributed by atoms with van der Waals surface area (Å²) in [5, 5.41) is 14.2. The molecule has 0 heterocycles. The lowest BCUT2D eigenvalue weighted by molar-refractivity contribution is 0.414. The fraction of sp³-hybridized carbons (Fsp3) is 0.231. The van der Waals surface area contributed by atoms with Gasteiger partial charge < -0.3 is 30.7 Å². The molecule has 0 amide bonds. The summed E-state index contributed by atoms with van der Waals surface area (Å²) >= 11 is 10.8. The molecule has 0 aliphatic carbocycles. The van der Waals surface area contributed by atoms with Crippen LogP contribution in [0.4, 0.5) is 0 Å². The second-order valence-electron chi connectivity index (χ2n) is 7.59. The van der Waals surface area contributed by atoms with E-state index in [0.29, 0.717) is 36.4 Å². The van der Waals surface area contributed by atoms with E-state index in [9.17, 15) is 0 Å². The van der Waals surface area contributed by atoms with Gasteiger partial charge in [0.15, 0.2) is 10.2 Å². The predicted octanol–water partition coefficient (Wildman–Crippen LogP) is 4.03. The van der Waals surface area contributed by atoms with Crippen LogP contribution < -0.4 is 30.7 Å². The highest BCUT2D eigenvalue weighted by Gasteiger charge is 2.02. The van der Waals surface area contributed by atoms with Gasteiger partial charge in [0.25, 0.3) is 0 Å². The molecular weight excluding hydrogens is 464 g/mol. The van der Waals surface area contributed by atoms with Crippen LogP contribution in [0.5, 0.6) is 11.5 Å². The Morgan fingerprint density at radius 1 is 0.559 bits per heavy atom. The first kappa shape index (κ1) is 25.3. The van der Waals surface area contributed by atoms with Gasteiger partial charge in [-0.1, -0.05) is 48.5 Å². The zero-order valence-corrected chi connectivity index (χ0v) is 21.0. The second kappa shape index (κ2) is 13.4. The van der Waals surface area contributed by atoms with Crippen molar-refractivity contribution in [2.75, 3.05) is 14.2 Å². The molecule has 0 spiro atoms. The summed E-state index contributed by atoms with van der Waals surface area (Å²) < 4.78 is 10.4. The van der Waals surface area contributed by atoms with Crippen molar-refractivity contribution in [1.82, 2.24) is 21.3 Å². The molecule has 6 nitrogen and oxygen atoms in total. The second-order valence-corrected chi connectivity index (χ2v) is 8.41. The van der Waals surface area contributed by atoms with Crippen LogP contribution in [-0.2, 0) is 26.2 Å². The third-order valence-electron chi connectivity index (χ3n) is 5.12. The van der Waals surface area contributed by atoms with Gasteiger partial charge in [-0.15, -0.1) is 0 Å². The summed E-state index contributed by atoms with van der Waals surface area (Å²) in [6.07, 6.45) is 0. The maximum absolute atomic E-state index is 5.41. The Balaban J connectivity index is 1.37. The Morgan fingerprint density at radius 2 is 0.912 bits per heavy atom. The van der Waals surface area contributed by atoms with Crippen LogP contribution in [0.15, 0.2) is 72.8 Å². The molecule has 34 heavy (non-hydrogen) atoms. The molecule has 8 heteroatoms. The molecule has 4 N–H and O–H groups in total. The average Bonchev–Trinajstić information content (AvgIpc) is 2.89. The van der Waals surface area contributed by atoms with Crippen LogP contribution in [0.3, 0.4) is 0 Å². The molecule has 0 aliphatic rings. The predicted molar refractivity (Wildman–Crippen MR) is 145 cm³/mol. The zero-order chi connectivity index (χ0) is 24.2. The Bertz CT molecular complexity index is 990. The van der Waals surface area contributed by atoms with E-state index in [2.05, 4.69) is 39.5 Å². The van der Waals surface area contributed by atoms with E-state index in [-0.39, 0.29) is 0 Å². The van der Waals surface area contributed by atoms with Crippen LogP contribution in [0.2, 0.25) is 0 Å².